The number of nitrogens with one attached hydrogen (secondary N) is 1. The van der Waals surface area contributed by atoms with Gasteiger partial charge in [-0.25, -0.2) is 0 Å². The number of hydrogen-bond acceptors (Lipinski definition) is 2. The zero-order valence-electron chi connectivity index (χ0n) is 10.3. The Morgan fingerprint density at radius 3 is 2.35 bits per heavy atom. The molecule has 0 aromatic heterocycles. The number of nitrogen functional groups attached to an aromatic ring is 1. The van der Waals surface area contributed by atoms with E-state index >= 15 is 0 Å². The standard InChI is InChI=1S/C15H18N2/c1-11-3-6-14(7-4-11)17-10-13-5-8-15(16)12(2)9-13/h3-9,17H,10,16H2,1-2H3. The monoisotopic (exact) mass is 226 g/mol. The van der Waals surface area contributed by atoms with Crippen molar-refractivity contribution < 1.29 is 0 Å². The van der Waals surface area contributed by atoms with Crippen LogP contribution in [-0.2, 0) is 6.54 Å². The molecule has 17 heavy (non-hydrogen) atoms. The molecule has 0 aliphatic rings. The van der Waals surface area contributed by atoms with E-state index in [2.05, 4.69) is 48.6 Å². The van der Waals surface area contributed by atoms with E-state index in [1.807, 2.05) is 13.0 Å². The van der Waals surface area contributed by atoms with Crippen LogP contribution in [0.2, 0.25) is 0 Å². The summed E-state index contributed by atoms with van der Waals surface area (Å²) < 4.78 is 0. The first-order chi connectivity index (χ1) is 8.15. The molecule has 0 radical (unpaired) electrons. The van der Waals surface area contributed by atoms with Crippen LogP contribution in [-0.4, -0.2) is 0 Å². The molecule has 2 nitrogen and oxygen atoms in total. The first-order valence-electron chi connectivity index (χ1n) is 5.81. The van der Waals surface area contributed by atoms with Gasteiger partial charge in [-0.1, -0.05) is 29.8 Å². The zero-order valence-corrected chi connectivity index (χ0v) is 10.3. The number of nitrogens with two attached hydrogens (primary N) is 1. The Kier molecular flexibility index (Phi) is 3.33. The van der Waals surface area contributed by atoms with Crippen LogP contribution in [0.3, 0.4) is 0 Å². The summed E-state index contributed by atoms with van der Waals surface area (Å²) in [6.45, 7) is 4.95. The maximum absolute atomic E-state index is 5.79. The van der Waals surface area contributed by atoms with Gasteiger partial charge in [-0.05, 0) is 43.2 Å². The molecule has 0 amide bonds. The highest BCUT2D eigenvalue weighted by Gasteiger charge is 1.97. The predicted molar refractivity (Wildman–Crippen MR) is 74.1 cm³/mol. The molecule has 0 saturated heterocycles. The number of rotatable bonds is 3. The van der Waals surface area contributed by atoms with Crippen molar-refractivity contribution in [3.8, 4) is 0 Å². The van der Waals surface area contributed by atoms with Gasteiger partial charge in [-0.3, -0.25) is 0 Å². The summed E-state index contributed by atoms with van der Waals surface area (Å²) in [5, 5.41) is 3.39. The van der Waals surface area contributed by atoms with E-state index in [0.717, 1.165) is 23.5 Å². The second-order valence-corrected chi connectivity index (χ2v) is 4.41. The van der Waals surface area contributed by atoms with Gasteiger partial charge in [-0.2, -0.15) is 0 Å². The van der Waals surface area contributed by atoms with Gasteiger partial charge in [0.1, 0.15) is 0 Å². The summed E-state index contributed by atoms with van der Waals surface area (Å²) in [6, 6.07) is 14.5. The number of hydrogen-bond donors (Lipinski definition) is 2. The Labute approximate surface area is 102 Å². The van der Waals surface area contributed by atoms with E-state index < -0.39 is 0 Å². The van der Waals surface area contributed by atoms with Crippen molar-refractivity contribution in [2.75, 3.05) is 11.1 Å². The predicted octanol–water partition coefficient (Wildman–Crippen LogP) is 3.50. The van der Waals surface area contributed by atoms with Crippen LogP contribution in [0.25, 0.3) is 0 Å². The third kappa shape index (κ3) is 3.00. The summed E-state index contributed by atoms with van der Waals surface area (Å²) in [4.78, 5) is 0. The molecular weight excluding hydrogens is 208 g/mol. The van der Waals surface area contributed by atoms with Crippen molar-refractivity contribution in [1.82, 2.24) is 0 Å². The van der Waals surface area contributed by atoms with Gasteiger partial charge in [0.25, 0.3) is 0 Å². The molecular formula is C15H18N2. The van der Waals surface area contributed by atoms with Crippen molar-refractivity contribution >= 4 is 11.4 Å². The molecule has 0 spiro atoms. The average molecular weight is 226 g/mol. The van der Waals surface area contributed by atoms with Crippen molar-refractivity contribution in [3.05, 3.63) is 59.2 Å². The fourth-order valence-electron chi connectivity index (χ4n) is 1.72. The fraction of sp³-hybridized carbons (Fsp3) is 0.200. The first kappa shape index (κ1) is 11.5. The Bertz CT molecular complexity index is 501. The number of aryl methyl sites for hydroxylation is 2. The van der Waals surface area contributed by atoms with Gasteiger partial charge in [-0.15, -0.1) is 0 Å². The lowest BCUT2D eigenvalue weighted by atomic mass is 10.1. The Balaban J connectivity index is 2.02. The minimum atomic E-state index is 0.824. The molecule has 88 valence electrons. The van der Waals surface area contributed by atoms with E-state index in [4.69, 9.17) is 5.73 Å². The molecule has 2 heteroatoms. The Morgan fingerprint density at radius 2 is 1.71 bits per heavy atom. The smallest absolute Gasteiger partial charge is 0.0400 e. The molecule has 2 rings (SSSR count). The van der Waals surface area contributed by atoms with E-state index in [9.17, 15) is 0 Å². The molecule has 0 saturated carbocycles. The van der Waals surface area contributed by atoms with E-state index in [1.165, 1.54) is 11.1 Å². The van der Waals surface area contributed by atoms with Crippen molar-refractivity contribution in [1.29, 1.82) is 0 Å². The lowest BCUT2D eigenvalue weighted by molar-refractivity contribution is 1.14. The Morgan fingerprint density at radius 1 is 1.00 bits per heavy atom. The summed E-state index contributed by atoms with van der Waals surface area (Å²) in [5.41, 5.74) is 11.4. The first-order valence-corrected chi connectivity index (χ1v) is 5.81. The van der Waals surface area contributed by atoms with Crippen LogP contribution in [0, 0.1) is 13.8 Å². The number of benzene rings is 2. The van der Waals surface area contributed by atoms with Gasteiger partial charge in [0.2, 0.25) is 0 Å². The van der Waals surface area contributed by atoms with E-state index in [1.54, 1.807) is 0 Å². The summed E-state index contributed by atoms with van der Waals surface area (Å²) in [6.07, 6.45) is 0. The highest BCUT2D eigenvalue weighted by Crippen LogP contribution is 2.15. The van der Waals surface area contributed by atoms with Crippen molar-refractivity contribution in [2.24, 2.45) is 0 Å². The largest absolute Gasteiger partial charge is 0.399 e. The highest BCUT2D eigenvalue weighted by atomic mass is 14.9. The molecule has 2 aromatic rings. The van der Waals surface area contributed by atoms with Crippen LogP contribution < -0.4 is 11.1 Å². The summed E-state index contributed by atoms with van der Waals surface area (Å²) >= 11 is 0. The lowest BCUT2D eigenvalue weighted by Gasteiger charge is -2.08. The third-order valence-corrected chi connectivity index (χ3v) is 2.88. The molecule has 0 fully saturated rings. The normalized spacial score (nSPS) is 10.2. The molecule has 0 atom stereocenters. The quantitative estimate of drug-likeness (QED) is 0.786. The summed E-state index contributed by atoms with van der Waals surface area (Å²) in [5.74, 6) is 0. The highest BCUT2D eigenvalue weighted by molar-refractivity contribution is 5.49. The van der Waals surface area contributed by atoms with Crippen LogP contribution in [0.5, 0.6) is 0 Å². The maximum atomic E-state index is 5.79. The molecule has 0 aliphatic heterocycles. The second kappa shape index (κ2) is 4.91. The SMILES string of the molecule is Cc1ccc(NCc2ccc(N)c(C)c2)cc1. The molecule has 0 bridgehead atoms. The molecule has 3 N–H and O–H groups in total. The third-order valence-electron chi connectivity index (χ3n) is 2.88. The van der Waals surface area contributed by atoms with Gasteiger partial charge in [0.05, 0.1) is 0 Å². The van der Waals surface area contributed by atoms with Crippen molar-refractivity contribution in [2.45, 2.75) is 20.4 Å². The maximum Gasteiger partial charge on any atom is 0.0400 e. The van der Waals surface area contributed by atoms with Gasteiger partial charge < -0.3 is 11.1 Å². The fourth-order valence-corrected chi connectivity index (χ4v) is 1.72. The minimum Gasteiger partial charge on any atom is -0.399 e. The number of anilines is 2. The van der Waals surface area contributed by atoms with Crippen LogP contribution in [0.1, 0.15) is 16.7 Å². The second-order valence-electron chi connectivity index (χ2n) is 4.41. The van der Waals surface area contributed by atoms with Crippen LogP contribution in [0.15, 0.2) is 42.5 Å². The van der Waals surface area contributed by atoms with E-state index in [0.29, 0.717) is 0 Å². The van der Waals surface area contributed by atoms with Crippen LogP contribution >= 0.6 is 0 Å². The molecule has 0 unspecified atom stereocenters. The molecule has 2 aromatic carbocycles. The molecule has 0 aliphatic carbocycles. The van der Waals surface area contributed by atoms with Crippen LogP contribution in [0.4, 0.5) is 11.4 Å². The van der Waals surface area contributed by atoms with Gasteiger partial charge in [0.15, 0.2) is 0 Å². The topological polar surface area (TPSA) is 38.0 Å². The van der Waals surface area contributed by atoms with E-state index in [-0.39, 0.29) is 0 Å². The lowest BCUT2D eigenvalue weighted by Crippen LogP contribution is -2.00. The summed E-state index contributed by atoms with van der Waals surface area (Å²) in [7, 11) is 0. The van der Waals surface area contributed by atoms with Gasteiger partial charge >= 0.3 is 0 Å². The minimum absolute atomic E-state index is 0.824. The Hall–Kier alpha value is -1.96. The van der Waals surface area contributed by atoms with Crippen molar-refractivity contribution in [3.63, 3.8) is 0 Å². The molecule has 0 heterocycles. The average Bonchev–Trinajstić information content (AvgIpc) is 2.33. The zero-order chi connectivity index (χ0) is 12.3. The van der Waals surface area contributed by atoms with Gasteiger partial charge in [0, 0.05) is 17.9 Å².